The zero-order chi connectivity index (χ0) is 14.4. The first-order valence-corrected chi connectivity index (χ1v) is 7.67. The van der Waals surface area contributed by atoms with Crippen LogP contribution in [0.1, 0.15) is 71.3 Å². The second kappa shape index (κ2) is 4.77. The van der Waals surface area contributed by atoms with Crippen LogP contribution in [-0.4, -0.2) is 4.98 Å². The van der Waals surface area contributed by atoms with E-state index < -0.39 is 0 Å². The van der Waals surface area contributed by atoms with Crippen molar-refractivity contribution >= 4 is 11.6 Å². The summed E-state index contributed by atoms with van der Waals surface area (Å²) in [6, 6.07) is 2.16. The molecule has 1 saturated carbocycles. The van der Waals surface area contributed by atoms with Gasteiger partial charge in [-0.05, 0) is 42.2 Å². The van der Waals surface area contributed by atoms with E-state index in [1.165, 1.54) is 24.1 Å². The van der Waals surface area contributed by atoms with E-state index >= 15 is 0 Å². The van der Waals surface area contributed by atoms with Crippen molar-refractivity contribution in [3.05, 3.63) is 28.0 Å². The van der Waals surface area contributed by atoms with Gasteiger partial charge in [0.25, 0.3) is 0 Å². The van der Waals surface area contributed by atoms with E-state index in [0.29, 0.717) is 0 Å². The molecule has 1 fully saturated rings. The highest BCUT2D eigenvalue weighted by atomic mass is 35.5. The van der Waals surface area contributed by atoms with Crippen LogP contribution in [0.4, 0.5) is 0 Å². The van der Waals surface area contributed by atoms with Crippen molar-refractivity contribution in [3.63, 3.8) is 0 Å². The van der Waals surface area contributed by atoms with E-state index in [1.54, 1.807) is 0 Å². The second-order valence-electron chi connectivity index (χ2n) is 7.96. The molecule has 1 aromatic heterocycles. The van der Waals surface area contributed by atoms with Gasteiger partial charge in [-0.3, -0.25) is 4.98 Å². The Morgan fingerprint density at radius 2 is 1.68 bits per heavy atom. The summed E-state index contributed by atoms with van der Waals surface area (Å²) in [5.74, 6) is 0.818. The smallest absolute Gasteiger partial charge is 0.0624 e. The van der Waals surface area contributed by atoms with Crippen LogP contribution in [0.15, 0.2) is 6.07 Å². The molecular formula is C17H26ClN. The highest BCUT2D eigenvalue weighted by molar-refractivity contribution is 6.31. The van der Waals surface area contributed by atoms with Gasteiger partial charge in [0.1, 0.15) is 0 Å². The molecule has 2 heteroatoms. The number of aromatic nitrogens is 1. The molecule has 0 saturated heterocycles. The van der Waals surface area contributed by atoms with Crippen molar-refractivity contribution in [2.75, 3.05) is 0 Å². The van der Waals surface area contributed by atoms with E-state index in [1.807, 2.05) is 0 Å². The normalized spacial score (nSPS) is 16.8. The first-order valence-electron chi connectivity index (χ1n) is 7.29. The van der Waals surface area contributed by atoms with Crippen molar-refractivity contribution in [1.29, 1.82) is 0 Å². The molecule has 0 bridgehead atoms. The van der Waals surface area contributed by atoms with Crippen molar-refractivity contribution < 1.29 is 0 Å². The molecule has 0 unspecified atom stereocenters. The van der Waals surface area contributed by atoms with Crippen LogP contribution in [0, 0.1) is 5.92 Å². The summed E-state index contributed by atoms with van der Waals surface area (Å²) in [4.78, 5) is 4.96. The highest BCUT2D eigenvalue weighted by Gasteiger charge is 2.30. The van der Waals surface area contributed by atoms with Gasteiger partial charge in [0.15, 0.2) is 0 Å². The van der Waals surface area contributed by atoms with Gasteiger partial charge in [0.2, 0.25) is 0 Å². The first-order chi connectivity index (χ1) is 8.59. The zero-order valence-electron chi connectivity index (χ0n) is 13.1. The molecule has 0 N–H and O–H groups in total. The lowest BCUT2D eigenvalue weighted by molar-refractivity contribution is 0.510. The third kappa shape index (κ3) is 3.51. The lowest BCUT2D eigenvalue weighted by Gasteiger charge is -2.30. The van der Waals surface area contributed by atoms with E-state index in [4.69, 9.17) is 16.6 Å². The van der Waals surface area contributed by atoms with Crippen molar-refractivity contribution in [2.45, 2.75) is 71.6 Å². The quantitative estimate of drug-likeness (QED) is 0.717. The Labute approximate surface area is 122 Å². The van der Waals surface area contributed by atoms with Gasteiger partial charge in [-0.2, -0.15) is 0 Å². The fourth-order valence-electron chi connectivity index (χ4n) is 2.41. The van der Waals surface area contributed by atoms with Crippen LogP contribution in [0.3, 0.4) is 0 Å². The van der Waals surface area contributed by atoms with Crippen LogP contribution in [0.25, 0.3) is 0 Å². The minimum atomic E-state index is 0.0610. The van der Waals surface area contributed by atoms with Gasteiger partial charge in [-0.25, -0.2) is 0 Å². The van der Waals surface area contributed by atoms with E-state index in [0.717, 1.165) is 23.1 Å². The summed E-state index contributed by atoms with van der Waals surface area (Å²) in [7, 11) is 0. The number of hydrogen-bond donors (Lipinski definition) is 0. The molecule has 1 nitrogen and oxygen atoms in total. The molecule has 1 aromatic rings. The molecule has 106 valence electrons. The second-order valence-corrected chi connectivity index (χ2v) is 8.37. The monoisotopic (exact) mass is 279 g/mol. The van der Waals surface area contributed by atoms with Gasteiger partial charge in [-0.15, -0.1) is 0 Å². The molecule has 0 spiro atoms. The van der Waals surface area contributed by atoms with Crippen LogP contribution >= 0.6 is 11.6 Å². The Bertz CT molecular complexity index is 473. The number of nitrogens with zero attached hydrogens (tertiary/aromatic N) is 1. The third-order valence-electron chi connectivity index (χ3n) is 3.75. The van der Waals surface area contributed by atoms with Crippen LogP contribution in [0.2, 0.25) is 5.02 Å². The molecule has 0 aliphatic heterocycles. The highest BCUT2D eigenvalue weighted by Crippen LogP contribution is 2.38. The maximum atomic E-state index is 6.47. The Morgan fingerprint density at radius 3 is 2.11 bits per heavy atom. The van der Waals surface area contributed by atoms with Crippen molar-refractivity contribution in [3.8, 4) is 0 Å². The largest absolute Gasteiger partial charge is 0.255 e. The van der Waals surface area contributed by atoms with E-state index in [2.05, 4.69) is 47.6 Å². The Hall–Kier alpha value is -0.560. The summed E-state index contributed by atoms with van der Waals surface area (Å²) in [5, 5.41) is 0.852. The molecule has 0 amide bonds. The van der Waals surface area contributed by atoms with Crippen molar-refractivity contribution in [2.24, 2.45) is 5.92 Å². The van der Waals surface area contributed by atoms with E-state index in [9.17, 15) is 0 Å². The van der Waals surface area contributed by atoms with Crippen LogP contribution in [-0.2, 0) is 17.3 Å². The predicted molar refractivity (Wildman–Crippen MR) is 83.1 cm³/mol. The van der Waals surface area contributed by atoms with Gasteiger partial charge < -0.3 is 0 Å². The topological polar surface area (TPSA) is 12.9 Å². The summed E-state index contributed by atoms with van der Waals surface area (Å²) >= 11 is 6.47. The van der Waals surface area contributed by atoms with Gasteiger partial charge >= 0.3 is 0 Å². The summed E-state index contributed by atoms with van der Waals surface area (Å²) in [5.41, 5.74) is 3.73. The zero-order valence-corrected chi connectivity index (χ0v) is 13.9. The lowest BCUT2D eigenvalue weighted by atomic mass is 9.78. The molecule has 2 rings (SSSR count). The summed E-state index contributed by atoms with van der Waals surface area (Å²) in [6.07, 6.45) is 3.72. The predicted octanol–water partition coefficient (Wildman–Crippen LogP) is 5.28. The van der Waals surface area contributed by atoms with Crippen LogP contribution in [0.5, 0.6) is 0 Å². The minimum Gasteiger partial charge on any atom is -0.255 e. The Morgan fingerprint density at radius 1 is 1.11 bits per heavy atom. The lowest BCUT2D eigenvalue weighted by Crippen LogP contribution is -2.24. The Balaban J connectivity index is 2.51. The van der Waals surface area contributed by atoms with Crippen LogP contribution < -0.4 is 0 Å². The van der Waals surface area contributed by atoms with E-state index in [-0.39, 0.29) is 10.8 Å². The average Bonchev–Trinajstić information content (AvgIpc) is 3.01. The molecular weight excluding hydrogens is 254 g/mol. The third-order valence-corrected chi connectivity index (χ3v) is 4.07. The molecule has 1 heterocycles. The molecule has 0 radical (unpaired) electrons. The standard InChI is InChI=1S/C17H26ClN/c1-16(2,3)12-10-13(18)14(9-11-7-8-11)19-15(12)17(4,5)6/h10-11H,7-9H2,1-6H3. The van der Waals surface area contributed by atoms with Gasteiger partial charge in [0, 0.05) is 11.1 Å². The Kier molecular flexibility index (Phi) is 3.72. The fraction of sp³-hybridized carbons (Fsp3) is 0.706. The minimum absolute atomic E-state index is 0.0610. The first kappa shape index (κ1) is 14.8. The average molecular weight is 280 g/mol. The molecule has 1 aliphatic carbocycles. The maximum absolute atomic E-state index is 6.47. The summed E-state index contributed by atoms with van der Waals surface area (Å²) < 4.78 is 0. The SMILES string of the molecule is CC(C)(C)c1cc(Cl)c(CC2CC2)nc1C(C)(C)C. The number of rotatable bonds is 2. The number of hydrogen-bond acceptors (Lipinski definition) is 1. The summed E-state index contributed by atoms with van der Waals surface area (Å²) in [6.45, 7) is 13.4. The fourth-order valence-corrected chi connectivity index (χ4v) is 2.64. The number of halogens is 1. The van der Waals surface area contributed by atoms with Crippen molar-refractivity contribution in [1.82, 2.24) is 4.98 Å². The molecule has 0 aromatic carbocycles. The van der Waals surface area contributed by atoms with Gasteiger partial charge in [0.05, 0.1) is 10.7 Å². The molecule has 1 aliphatic rings. The molecule has 0 atom stereocenters. The molecule has 19 heavy (non-hydrogen) atoms. The maximum Gasteiger partial charge on any atom is 0.0624 e. The van der Waals surface area contributed by atoms with Gasteiger partial charge in [-0.1, -0.05) is 53.1 Å². The number of pyridine rings is 1.